The number of carbonyl (C=O) groups excluding carboxylic acids is 1. The van der Waals surface area contributed by atoms with Crippen LogP contribution in [0.1, 0.15) is 37.6 Å². The average molecular weight is 308 g/mol. The smallest absolute Gasteiger partial charge is 0.338 e. The van der Waals surface area contributed by atoms with Crippen molar-refractivity contribution in [1.29, 1.82) is 0 Å². The summed E-state index contributed by atoms with van der Waals surface area (Å²) in [7, 11) is 4.00. The molecular weight excluding hydrogens is 280 g/mol. The minimum absolute atomic E-state index is 0.203. The molecule has 0 saturated carbocycles. The molecule has 1 aromatic carbocycles. The molecule has 0 aliphatic rings. The maximum absolute atomic E-state index is 12.2. The lowest BCUT2D eigenvalue weighted by molar-refractivity contribution is 0.0336. The van der Waals surface area contributed by atoms with Crippen LogP contribution in [0.2, 0.25) is 0 Å². The Morgan fingerprint density at radius 1 is 1.32 bits per heavy atom. The van der Waals surface area contributed by atoms with Crippen LogP contribution in [0.5, 0.6) is 5.75 Å². The fourth-order valence-corrected chi connectivity index (χ4v) is 2.28. The minimum atomic E-state index is -0.351. The van der Waals surface area contributed by atoms with Gasteiger partial charge in [0, 0.05) is 6.04 Å². The number of benzene rings is 1. The SMILES string of the molecule is CCOc1cc(C(=O)OC[C@H](C(C)CC)N(C)C)ccc1N. The Bertz CT molecular complexity index is 489. The summed E-state index contributed by atoms with van der Waals surface area (Å²) in [4.78, 5) is 14.3. The first-order chi connectivity index (χ1) is 10.4. The number of rotatable bonds is 8. The van der Waals surface area contributed by atoms with Gasteiger partial charge in [-0.05, 0) is 45.1 Å². The Balaban J connectivity index is 2.74. The number of ether oxygens (including phenoxy) is 2. The number of hydrogen-bond donors (Lipinski definition) is 1. The summed E-state index contributed by atoms with van der Waals surface area (Å²) >= 11 is 0. The molecule has 0 amide bonds. The maximum atomic E-state index is 12.2. The van der Waals surface area contributed by atoms with Crippen molar-refractivity contribution in [2.75, 3.05) is 33.0 Å². The van der Waals surface area contributed by atoms with Gasteiger partial charge in [0.05, 0.1) is 17.9 Å². The van der Waals surface area contributed by atoms with Crippen molar-refractivity contribution in [2.45, 2.75) is 33.2 Å². The van der Waals surface area contributed by atoms with Crippen LogP contribution in [0.25, 0.3) is 0 Å². The monoisotopic (exact) mass is 308 g/mol. The average Bonchev–Trinajstić information content (AvgIpc) is 2.49. The Labute approximate surface area is 133 Å². The minimum Gasteiger partial charge on any atom is -0.492 e. The van der Waals surface area contributed by atoms with E-state index in [1.807, 2.05) is 21.0 Å². The van der Waals surface area contributed by atoms with Gasteiger partial charge in [0.2, 0.25) is 0 Å². The zero-order valence-corrected chi connectivity index (χ0v) is 14.3. The van der Waals surface area contributed by atoms with Crippen LogP contribution >= 0.6 is 0 Å². The summed E-state index contributed by atoms with van der Waals surface area (Å²) in [6.45, 7) is 7.04. The molecular formula is C17H28N2O3. The highest BCUT2D eigenvalue weighted by molar-refractivity contribution is 5.90. The molecule has 124 valence electrons. The number of nitrogens with zero attached hydrogens (tertiary/aromatic N) is 1. The normalized spacial score (nSPS) is 13.7. The fraction of sp³-hybridized carbons (Fsp3) is 0.588. The second-order valence-electron chi connectivity index (χ2n) is 5.70. The van der Waals surface area contributed by atoms with Gasteiger partial charge in [0.15, 0.2) is 0 Å². The van der Waals surface area contributed by atoms with E-state index >= 15 is 0 Å². The van der Waals surface area contributed by atoms with Crippen molar-refractivity contribution in [3.8, 4) is 5.75 Å². The van der Waals surface area contributed by atoms with Crippen molar-refractivity contribution >= 4 is 11.7 Å². The van der Waals surface area contributed by atoms with Crippen molar-refractivity contribution in [2.24, 2.45) is 5.92 Å². The first kappa shape index (κ1) is 18.3. The van der Waals surface area contributed by atoms with Gasteiger partial charge in [-0.3, -0.25) is 0 Å². The third-order valence-electron chi connectivity index (χ3n) is 3.90. The molecule has 0 saturated heterocycles. The molecule has 5 nitrogen and oxygen atoms in total. The summed E-state index contributed by atoms with van der Waals surface area (Å²) in [6, 6.07) is 5.16. The summed E-state index contributed by atoms with van der Waals surface area (Å²) in [6.07, 6.45) is 1.04. The van der Waals surface area contributed by atoms with Crippen molar-refractivity contribution < 1.29 is 14.3 Å². The van der Waals surface area contributed by atoms with E-state index in [9.17, 15) is 4.79 Å². The van der Waals surface area contributed by atoms with E-state index in [1.54, 1.807) is 18.2 Å². The van der Waals surface area contributed by atoms with Gasteiger partial charge in [-0.1, -0.05) is 20.3 Å². The van der Waals surface area contributed by atoms with Gasteiger partial charge in [0.1, 0.15) is 12.4 Å². The zero-order chi connectivity index (χ0) is 16.7. The zero-order valence-electron chi connectivity index (χ0n) is 14.3. The standard InChI is InChI=1S/C17H28N2O3/c1-6-12(3)15(19(4)5)11-22-17(20)13-8-9-14(18)16(10-13)21-7-2/h8-10,12,15H,6-7,11,18H2,1-5H3/t12?,15-/m1/s1. The Kier molecular flexibility index (Phi) is 7.18. The highest BCUT2D eigenvalue weighted by atomic mass is 16.5. The van der Waals surface area contributed by atoms with E-state index in [0.717, 1.165) is 6.42 Å². The molecule has 2 atom stereocenters. The van der Waals surface area contributed by atoms with Gasteiger partial charge < -0.3 is 20.1 Å². The maximum Gasteiger partial charge on any atom is 0.338 e. The van der Waals surface area contributed by atoms with Crippen LogP contribution < -0.4 is 10.5 Å². The Hall–Kier alpha value is -1.75. The Morgan fingerprint density at radius 3 is 2.55 bits per heavy atom. The molecule has 2 N–H and O–H groups in total. The molecule has 22 heavy (non-hydrogen) atoms. The Morgan fingerprint density at radius 2 is 2.00 bits per heavy atom. The van der Waals surface area contributed by atoms with Crippen molar-refractivity contribution in [3.05, 3.63) is 23.8 Å². The predicted octanol–water partition coefficient (Wildman–Crippen LogP) is 2.80. The predicted molar refractivity (Wildman–Crippen MR) is 89.2 cm³/mol. The number of carbonyl (C=O) groups is 1. The van der Waals surface area contributed by atoms with Crippen LogP contribution in [0.4, 0.5) is 5.69 Å². The van der Waals surface area contributed by atoms with E-state index in [-0.39, 0.29) is 12.0 Å². The van der Waals surface area contributed by atoms with E-state index in [0.29, 0.717) is 36.1 Å². The molecule has 0 spiro atoms. The van der Waals surface area contributed by atoms with Crippen molar-refractivity contribution in [3.63, 3.8) is 0 Å². The molecule has 0 fully saturated rings. The lowest BCUT2D eigenvalue weighted by Crippen LogP contribution is -2.38. The summed E-state index contributed by atoms with van der Waals surface area (Å²) in [5.41, 5.74) is 6.79. The van der Waals surface area contributed by atoms with Gasteiger partial charge in [0.25, 0.3) is 0 Å². The number of esters is 1. The highest BCUT2D eigenvalue weighted by Gasteiger charge is 2.21. The molecule has 0 aliphatic heterocycles. The number of anilines is 1. The van der Waals surface area contributed by atoms with Crippen LogP contribution in [0, 0.1) is 5.92 Å². The quantitative estimate of drug-likeness (QED) is 0.591. The van der Waals surface area contributed by atoms with E-state index in [4.69, 9.17) is 15.2 Å². The molecule has 0 bridgehead atoms. The van der Waals surface area contributed by atoms with Crippen LogP contribution in [-0.2, 0) is 4.74 Å². The first-order valence-corrected chi connectivity index (χ1v) is 7.76. The van der Waals surface area contributed by atoms with Gasteiger partial charge in [-0.25, -0.2) is 4.79 Å². The van der Waals surface area contributed by atoms with Crippen LogP contribution in [0.3, 0.4) is 0 Å². The third kappa shape index (κ3) is 4.91. The van der Waals surface area contributed by atoms with Gasteiger partial charge in [-0.15, -0.1) is 0 Å². The van der Waals surface area contributed by atoms with E-state index in [1.165, 1.54) is 0 Å². The topological polar surface area (TPSA) is 64.8 Å². The largest absolute Gasteiger partial charge is 0.492 e. The number of hydrogen-bond acceptors (Lipinski definition) is 5. The lowest BCUT2D eigenvalue weighted by Gasteiger charge is -2.29. The number of likely N-dealkylation sites (N-methyl/N-ethyl adjacent to an activating group) is 1. The molecule has 1 rings (SSSR count). The molecule has 0 aliphatic carbocycles. The number of nitrogens with two attached hydrogens (primary N) is 1. The molecule has 0 radical (unpaired) electrons. The summed E-state index contributed by atoms with van der Waals surface area (Å²) in [5.74, 6) is 0.618. The van der Waals surface area contributed by atoms with Crippen molar-refractivity contribution in [1.82, 2.24) is 4.90 Å². The molecule has 5 heteroatoms. The second-order valence-corrected chi connectivity index (χ2v) is 5.70. The van der Waals surface area contributed by atoms with E-state index < -0.39 is 0 Å². The highest BCUT2D eigenvalue weighted by Crippen LogP contribution is 2.23. The lowest BCUT2D eigenvalue weighted by atomic mass is 9.99. The van der Waals surface area contributed by atoms with Gasteiger partial charge in [-0.2, -0.15) is 0 Å². The number of nitrogen functional groups attached to an aromatic ring is 1. The van der Waals surface area contributed by atoms with Crippen LogP contribution in [-0.4, -0.2) is 44.2 Å². The summed E-state index contributed by atoms with van der Waals surface area (Å²) in [5, 5.41) is 0. The molecule has 1 unspecified atom stereocenters. The van der Waals surface area contributed by atoms with Crippen LogP contribution in [0.15, 0.2) is 18.2 Å². The molecule has 1 aromatic rings. The van der Waals surface area contributed by atoms with E-state index in [2.05, 4.69) is 18.7 Å². The van der Waals surface area contributed by atoms with Gasteiger partial charge >= 0.3 is 5.97 Å². The fourth-order valence-electron chi connectivity index (χ4n) is 2.28. The molecule has 0 aromatic heterocycles. The second kappa shape index (κ2) is 8.63. The molecule has 0 heterocycles. The third-order valence-corrected chi connectivity index (χ3v) is 3.90. The first-order valence-electron chi connectivity index (χ1n) is 7.76. The summed E-state index contributed by atoms with van der Waals surface area (Å²) < 4.78 is 10.9.